The third-order valence-corrected chi connectivity index (χ3v) is 4.67. The smallest absolute Gasteiger partial charge is 0.251 e. The van der Waals surface area contributed by atoms with Crippen LogP contribution < -0.4 is 5.32 Å². The maximum absolute atomic E-state index is 12.5. The summed E-state index contributed by atoms with van der Waals surface area (Å²) >= 11 is 0. The molecule has 27 heavy (non-hydrogen) atoms. The zero-order valence-corrected chi connectivity index (χ0v) is 15.6. The van der Waals surface area contributed by atoms with E-state index < -0.39 is 0 Å². The van der Waals surface area contributed by atoms with Gasteiger partial charge in [-0.15, -0.1) is 0 Å². The van der Waals surface area contributed by atoms with E-state index in [2.05, 4.69) is 15.4 Å². The average molecular weight is 359 g/mol. The zero-order valence-electron chi connectivity index (χ0n) is 15.6. The molecule has 1 N–H and O–H groups in total. The molecule has 2 aromatic carbocycles. The Morgan fingerprint density at radius 2 is 1.81 bits per heavy atom. The van der Waals surface area contributed by atoms with Gasteiger partial charge in [-0.3, -0.25) is 4.79 Å². The quantitative estimate of drug-likeness (QED) is 0.608. The fourth-order valence-electron chi connectivity index (χ4n) is 3.26. The molecule has 0 saturated carbocycles. The van der Waals surface area contributed by atoms with Gasteiger partial charge in [-0.2, -0.15) is 5.10 Å². The number of fused-ring (bicyclic) bond motifs is 1. The molecular formula is C21H21N5O. The van der Waals surface area contributed by atoms with E-state index in [0.717, 1.165) is 33.9 Å². The van der Waals surface area contributed by atoms with E-state index >= 15 is 0 Å². The Hall–Kier alpha value is -3.41. The minimum atomic E-state index is -0.123. The highest BCUT2D eigenvalue weighted by Gasteiger charge is 2.11. The number of carbonyl (C=O) groups excluding carboxylic acids is 1. The van der Waals surface area contributed by atoms with Gasteiger partial charge in [0.15, 0.2) is 0 Å². The summed E-state index contributed by atoms with van der Waals surface area (Å²) in [6.07, 6.45) is 0. The first kappa shape index (κ1) is 17.0. The number of hydrogen-bond donors (Lipinski definition) is 1. The molecule has 0 aliphatic carbocycles. The second-order valence-electron chi connectivity index (χ2n) is 6.64. The lowest BCUT2D eigenvalue weighted by Gasteiger charge is -2.08. The monoisotopic (exact) mass is 359 g/mol. The molecule has 6 heteroatoms. The van der Waals surface area contributed by atoms with Crippen LogP contribution in [0.2, 0.25) is 0 Å². The van der Waals surface area contributed by atoms with Crippen LogP contribution in [0.4, 0.5) is 0 Å². The molecule has 0 radical (unpaired) electrons. The molecule has 0 atom stereocenters. The van der Waals surface area contributed by atoms with Gasteiger partial charge in [-0.05, 0) is 56.3 Å². The summed E-state index contributed by atoms with van der Waals surface area (Å²) in [5.74, 6) is 0.700. The fourth-order valence-corrected chi connectivity index (χ4v) is 3.26. The van der Waals surface area contributed by atoms with E-state index in [1.54, 1.807) is 0 Å². The van der Waals surface area contributed by atoms with Gasteiger partial charge in [0.2, 0.25) is 0 Å². The highest BCUT2D eigenvalue weighted by atomic mass is 16.1. The largest absolute Gasteiger partial charge is 0.345 e. The van der Waals surface area contributed by atoms with E-state index in [1.807, 2.05) is 84.7 Å². The van der Waals surface area contributed by atoms with Gasteiger partial charge >= 0.3 is 0 Å². The maximum atomic E-state index is 12.5. The first-order valence-electron chi connectivity index (χ1n) is 8.85. The molecule has 4 aromatic rings. The van der Waals surface area contributed by atoms with Crippen molar-refractivity contribution in [2.45, 2.75) is 20.4 Å². The molecule has 2 aromatic heterocycles. The summed E-state index contributed by atoms with van der Waals surface area (Å²) in [6, 6.07) is 17.4. The highest BCUT2D eigenvalue weighted by Crippen LogP contribution is 2.15. The van der Waals surface area contributed by atoms with Gasteiger partial charge in [-0.1, -0.05) is 12.1 Å². The van der Waals surface area contributed by atoms with Crippen molar-refractivity contribution in [3.05, 3.63) is 77.4 Å². The Morgan fingerprint density at radius 3 is 2.48 bits per heavy atom. The Morgan fingerprint density at radius 1 is 1.07 bits per heavy atom. The summed E-state index contributed by atoms with van der Waals surface area (Å²) in [5.41, 5.74) is 5.56. The van der Waals surface area contributed by atoms with Crippen LogP contribution in [0.5, 0.6) is 0 Å². The van der Waals surface area contributed by atoms with Crippen LogP contribution in [0.3, 0.4) is 0 Å². The molecular weight excluding hydrogens is 338 g/mol. The highest BCUT2D eigenvalue weighted by molar-refractivity contribution is 5.94. The summed E-state index contributed by atoms with van der Waals surface area (Å²) in [5, 5.41) is 7.41. The Labute approximate surface area is 157 Å². The average Bonchev–Trinajstić information content (AvgIpc) is 3.19. The minimum absolute atomic E-state index is 0.123. The molecule has 0 spiro atoms. The van der Waals surface area contributed by atoms with Crippen molar-refractivity contribution < 1.29 is 4.79 Å². The molecule has 0 aliphatic rings. The van der Waals surface area contributed by atoms with Gasteiger partial charge in [0, 0.05) is 18.3 Å². The van der Waals surface area contributed by atoms with E-state index in [0.29, 0.717) is 12.1 Å². The van der Waals surface area contributed by atoms with Crippen molar-refractivity contribution in [3.63, 3.8) is 0 Å². The van der Waals surface area contributed by atoms with Crippen LogP contribution in [-0.4, -0.2) is 25.2 Å². The maximum Gasteiger partial charge on any atom is 0.251 e. The molecule has 6 nitrogen and oxygen atoms in total. The van der Waals surface area contributed by atoms with Crippen LogP contribution in [0.25, 0.3) is 16.7 Å². The third-order valence-electron chi connectivity index (χ3n) is 4.67. The second-order valence-corrected chi connectivity index (χ2v) is 6.64. The lowest BCUT2D eigenvalue weighted by Crippen LogP contribution is -2.24. The van der Waals surface area contributed by atoms with Crippen LogP contribution in [0.15, 0.2) is 54.6 Å². The first-order valence-corrected chi connectivity index (χ1v) is 8.85. The summed E-state index contributed by atoms with van der Waals surface area (Å²) in [4.78, 5) is 17.1. The first-order chi connectivity index (χ1) is 13.0. The van der Waals surface area contributed by atoms with Crippen molar-refractivity contribution >= 4 is 16.9 Å². The van der Waals surface area contributed by atoms with E-state index in [9.17, 15) is 4.79 Å². The topological polar surface area (TPSA) is 64.7 Å². The fraction of sp³-hybridized carbons (Fsp3) is 0.190. The standard InChI is InChI=1S/C21H21N5O/c1-14-12-15(2)26(24-14)17-10-8-16(9-11-17)21(27)22-13-20-23-18-6-4-5-7-19(18)25(20)3/h4-12H,13H2,1-3H3,(H,22,27). The van der Waals surface area contributed by atoms with E-state index in [-0.39, 0.29) is 5.91 Å². The van der Waals surface area contributed by atoms with Crippen LogP contribution in [0, 0.1) is 13.8 Å². The number of rotatable bonds is 4. The number of hydrogen-bond acceptors (Lipinski definition) is 3. The van der Waals surface area contributed by atoms with Gasteiger partial charge < -0.3 is 9.88 Å². The normalized spacial score (nSPS) is 11.1. The van der Waals surface area contributed by atoms with Crippen molar-refractivity contribution in [2.75, 3.05) is 0 Å². The van der Waals surface area contributed by atoms with Crippen molar-refractivity contribution in [3.8, 4) is 5.69 Å². The summed E-state index contributed by atoms with van der Waals surface area (Å²) < 4.78 is 3.87. The molecule has 0 unspecified atom stereocenters. The van der Waals surface area contributed by atoms with Crippen LogP contribution >= 0.6 is 0 Å². The summed E-state index contributed by atoms with van der Waals surface area (Å²) in [6.45, 7) is 4.35. The molecule has 0 fully saturated rings. The second kappa shape index (κ2) is 6.72. The van der Waals surface area contributed by atoms with E-state index in [4.69, 9.17) is 0 Å². The van der Waals surface area contributed by atoms with Gasteiger partial charge in [0.05, 0.1) is 29.0 Å². The van der Waals surface area contributed by atoms with E-state index in [1.165, 1.54) is 0 Å². The number of para-hydroxylation sites is 2. The number of aromatic nitrogens is 4. The van der Waals surface area contributed by atoms with Gasteiger partial charge in [0.25, 0.3) is 5.91 Å². The Bertz CT molecular complexity index is 1120. The Balaban J connectivity index is 1.48. The number of aryl methyl sites for hydroxylation is 3. The van der Waals surface area contributed by atoms with Crippen LogP contribution in [0.1, 0.15) is 27.6 Å². The number of amides is 1. The lowest BCUT2D eigenvalue weighted by molar-refractivity contribution is 0.0949. The molecule has 0 aliphatic heterocycles. The molecule has 0 saturated heterocycles. The molecule has 1 amide bonds. The lowest BCUT2D eigenvalue weighted by atomic mass is 10.2. The van der Waals surface area contributed by atoms with Crippen molar-refractivity contribution in [2.24, 2.45) is 7.05 Å². The number of benzene rings is 2. The number of carbonyl (C=O) groups is 1. The zero-order chi connectivity index (χ0) is 19.0. The predicted molar refractivity (Wildman–Crippen MR) is 105 cm³/mol. The third kappa shape index (κ3) is 3.21. The summed E-state index contributed by atoms with van der Waals surface area (Å²) in [7, 11) is 1.96. The predicted octanol–water partition coefficient (Wildman–Crippen LogP) is 3.31. The van der Waals surface area contributed by atoms with Crippen molar-refractivity contribution in [1.29, 1.82) is 0 Å². The molecule has 0 bridgehead atoms. The number of nitrogens with zero attached hydrogens (tertiary/aromatic N) is 4. The molecule has 2 heterocycles. The molecule has 136 valence electrons. The van der Waals surface area contributed by atoms with Gasteiger partial charge in [0.1, 0.15) is 5.82 Å². The number of imidazole rings is 1. The SMILES string of the molecule is Cc1cc(C)n(-c2ccc(C(=O)NCc3nc4ccccc4n3C)cc2)n1. The van der Waals surface area contributed by atoms with Crippen molar-refractivity contribution in [1.82, 2.24) is 24.6 Å². The van der Waals surface area contributed by atoms with Gasteiger partial charge in [-0.25, -0.2) is 9.67 Å². The molecule has 4 rings (SSSR count). The Kier molecular flexibility index (Phi) is 4.24. The minimum Gasteiger partial charge on any atom is -0.345 e. The number of nitrogens with one attached hydrogen (secondary N) is 1. The van der Waals surface area contributed by atoms with Crippen LogP contribution in [-0.2, 0) is 13.6 Å².